The summed E-state index contributed by atoms with van der Waals surface area (Å²) in [4.78, 5) is 0. The molecular weight excluding hydrogens is 186 g/mol. The van der Waals surface area contributed by atoms with Gasteiger partial charge in [-0.15, -0.1) is 0 Å². The van der Waals surface area contributed by atoms with Crippen LogP contribution in [0.1, 0.15) is 29.5 Å². The lowest BCUT2D eigenvalue weighted by Gasteiger charge is -2.14. The fourth-order valence-electron chi connectivity index (χ4n) is 2.29. The molecule has 2 N–H and O–H groups in total. The fourth-order valence-corrected chi connectivity index (χ4v) is 2.29. The zero-order valence-electron chi connectivity index (χ0n) is 9.51. The molecule has 1 aromatic rings. The number of hydrogen-bond acceptors (Lipinski definition) is 2. The van der Waals surface area contributed by atoms with E-state index in [1.807, 2.05) is 19.9 Å². The molecule has 0 bridgehead atoms. The fraction of sp³-hybridized carbons (Fsp3) is 0.538. The van der Waals surface area contributed by atoms with Crippen LogP contribution in [0.15, 0.2) is 12.1 Å². The Balaban J connectivity index is 2.17. The van der Waals surface area contributed by atoms with Gasteiger partial charge in [-0.1, -0.05) is 12.1 Å². The van der Waals surface area contributed by atoms with Crippen molar-refractivity contribution in [1.82, 2.24) is 5.32 Å². The number of benzene rings is 1. The zero-order valence-corrected chi connectivity index (χ0v) is 9.51. The summed E-state index contributed by atoms with van der Waals surface area (Å²) in [6.07, 6.45) is 3.58. The molecule has 1 atom stereocenters. The Morgan fingerprint density at radius 1 is 1.40 bits per heavy atom. The molecule has 2 heteroatoms. The molecule has 0 spiro atoms. The van der Waals surface area contributed by atoms with Crippen molar-refractivity contribution in [1.29, 1.82) is 0 Å². The van der Waals surface area contributed by atoms with Crippen molar-refractivity contribution in [3.63, 3.8) is 0 Å². The maximum absolute atomic E-state index is 9.84. The summed E-state index contributed by atoms with van der Waals surface area (Å²) in [5.74, 6) is 0.463. The largest absolute Gasteiger partial charge is 0.507 e. The van der Waals surface area contributed by atoms with Gasteiger partial charge in [-0.2, -0.15) is 0 Å². The van der Waals surface area contributed by atoms with Crippen LogP contribution in [-0.4, -0.2) is 17.7 Å². The highest BCUT2D eigenvalue weighted by molar-refractivity contribution is 5.44. The number of aryl methyl sites for hydroxylation is 1. The highest BCUT2D eigenvalue weighted by Gasteiger charge is 2.16. The van der Waals surface area contributed by atoms with Crippen LogP contribution in [0.2, 0.25) is 0 Å². The second-order valence-corrected chi connectivity index (χ2v) is 4.51. The lowest BCUT2D eigenvalue weighted by Crippen LogP contribution is -2.23. The van der Waals surface area contributed by atoms with Crippen molar-refractivity contribution in [3.05, 3.63) is 28.8 Å². The maximum atomic E-state index is 9.84. The van der Waals surface area contributed by atoms with Crippen molar-refractivity contribution >= 4 is 0 Å². The Hall–Kier alpha value is -1.02. The summed E-state index contributed by atoms with van der Waals surface area (Å²) < 4.78 is 0. The van der Waals surface area contributed by atoms with Crippen molar-refractivity contribution in [3.8, 4) is 5.75 Å². The summed E-state index contributed by atoms with van der Waals surface area (Å²) in [6.45, 7) is 5.09. The third-order valence-corrected chi connectivity index (χ3v) is 3.37. The molecule has 0 amide bonds. The minimum absolute atomic E-state index is 0.463. The third kappa shape index (κ3) is 2.15. The smallest absolute Gasteiger partial charge is 0.121 e. The van der Waals surface area contributed by atoms with Crippen LogP contribution >= 0.6 is 0 Å². The highest BCUT2D eigenvalue weighted by atomic mass is 16.3. The molecule has 1 aromatic carbocycles. The highest BCUT2D eigenvalue weighted by Crippen LogP contribution is 2.26. The molecule has 0 saturated carbocycles. The van der Waals surface area contributed by atoms with Gasteiger partial charge in [-0.05, 0) is 56.3 Å². The molecule has 2 nitrogen and oxygen atoms in total. The van der Waals surface area contributed by atoms with Crippen molar-refractivity contribution in [2.75, 3.05) is 6.54 Å². The first-order valence-corrected chi connectivity index (χ1v) is 5.70. The molecule has 1 heterocycles. The molecular formula is C13H19NO. The van der Waals surface area contributed by atoms with E-state index in [-0.39, 0.29) is 0 Å². The predicted molar refractivity (Wildman–Crippen MR) is 62.3 cm³/mol. The SMILES string of the molecule is Cc1ccc(CC2CCCN2)c(C)c1O. The minimum Gasteiger partial charge on any atom is -0.507 e. The Bertz CT molecular complexity index is 354. The first-order chi connectivity index (χ1) is 7.18. The van der Waals surface area contributed by atoms with E-state index in [1.54, 1.807) is 0 Å². The molecule has 1 fully saturated rings. The van der Waals surface area contributed by atoms with Gasteiger partial charge in [-0.25, -0.2) is 0 Å². The van der Waals surface area contributed by atoms with Gasteiger partial charge in [-0.3, -0.25) is 0 Å². The van der Waals surface area contributed by atoms with Crippen LogP contribution in [0.5, 0.6) is 5.75 Å². The Morgan fingerprint density at radius 2 is 2.20 bits per heavy atom. The average molecular weight is 205 g/mol. The van der Waals surface area contributed by atoms with E-state index < -0.39 is 0 Å². The van der Waals surface area contributed by atoms with E-state index >= 15 is 0 Å². The normalized spacial score (nSPS) is 20.8. The Labute approximate surface area is 91.3 Å². The van der Waals surface area contributed by atoms with E-state index in [0.29, 0.717) is 11.8 Å². The van der Waals surface area contributed by atoms with Crippen LogP contribution in [0.4, 0.5) is 0 Å². The van der Waals surface area contributed by atoms with Gasteiger partial charge in [0.05, 0.1) is 0 Å². The van der Waals surface area contributed by atoms with E-state index in [9.17, 15) is 5.11 Å². The minimum atomic E-state index is 0.463. The van der Waals surface area contributed by atoms with E-state index in [1.165, 1.54) is 18.4 Å². The topological polar surface area (TPSA) is 32.3 Å². The van der Waals surface area contributed by atoms with E-state index in [0.717, 1.165) is 24.1 Å². The third-order valence-electron chi connectivity index (χ3n) is 3.37. The molecule has 1 saturated heterocycles. The number of phenols is 1. The van der Waals surface area contributed by atoms with Crippen molar-refractivity contribution < 1.29 is 5.11 Å². The molecule has 0 aliphatic carbocycles. The first-order valence-electron chi connectivity index (χ1n) is 5.70. The van der Waals surface area contributed by atoms with Gasteiger partial charge in [0.15, 0.2) is 0 Å². The van der Waals surface area contributed by atoms with E-state index in [2.05, 4.69) is 11.4 Å². The number of hydrogen-bond donors (Lipinski definition) is 2. The number of phenolic OH excluding ortho intramolecular Hbond substituents is 1. The van der Waals surface area contributed by atoms with Crippen LogP contribution in [0, 0.1) is 13.8 Å². The molecule has 0 aromatic heterocycles. The monoisotopic (exact) mass is 205 g/mol. The maximum Gasteiger partial charge on any atom is 0.121 e. The number of nitrogens with one attached hydrogen (secondary N) is 1. The summed E-state index contributed by atoms with van der Waals surface area (Å²) >= 11 is 0. The van der Waals surface area contributed by atoms with E-state index in [4.69, 9.17) is 0 Å². The van der Waals surface area contributed by atoms with Gasteiger partial charge in [0.25, 0.3) is 0 Å². The van der Waals surface area contributed by atoms with Gasteiger partial charge in [0.1, 0.15) is 5.75 Å². The Kier molecular flexibility index (Phi) is 2.96. The quantitative estimate of drug-likeness (QED) is 0.776. The molecule has 1 aliphatic heterocycles. The first kappa shape index (κ1) is 10.5. The predicted octanol–water partition coefficient (Wildman–Crippen LogP) is 2.30. The Morgan fingerprint density at radius 3 is 2.87 bits per heavy atom. The van der Waals surface area contributed by atoms with Crippen LogP contribution in [-0.2, 0) is 6.42 Å². The molecule has 82 valence electrons. The van der Waals surface area contributed by atoms with Gasteiger partial charge in [0, 0.05) is 6.04 Å². The lowest BCUT2D eigenvalue weighted by atomic mass is 9.97. The van der Waals surface area contributed by atoms with Crippen LogP contribution < -0.4 is 5.32 Å². The number of rotatable bonds is 2. The van der Waals surface area contributed by atoms with Gasteiger partial charge >= 0.3 is 0 Å². The summed E-state index contributed by atoms with van der Waals surface area (Å²) in [6, 6.07) is 4.75. The summed E-state index contributed by atoms with van der Waals surface area (Å²) in [7, 11) is 0. The standard InChI is InChI=1S/C13H19NO/c1-9-5-6-11(10(2)13(9)15)8-12-4-3-7-14-12/h5-6,12,14-15H,3-4,7-8H2,1-2H3. The van der Waals surface area contributed by atoms with Crippen molar-refractivity contribution in [2.24, 2.45) is 0 Å². The summed E-state index contributed by atoms with van der Waals surface area (Å²) in [5, 5.41) is 13.3. The molecule has 0 radical (unpaired) electrons. The molecule has 15 heavy (non-hydrogen) atoms. The molecule has 1 aliphatic rings. The van der Waals surface area contributed by atoms with Gasteiger partial charge < -0.3 is 10.4 Å². The van der Waals surface area contributed by atoms with Crippen LogP contribution in [0.25, 0.3) is 0 Å². The molecule has 1 unspecified atom stereocenters. The molecule has 2 rings (SSSR count). The second kappa shape index (κ2) is 4.23. The second-order valence-electron chi connectivity index (χ2n) is 4.51. The van der Waals surface area contributed by atoms with Crippen molar-refractivity contribution in [2.45, 2.75) is 39.2 Å². The van der Waals surface area contributed by atoms with Crippen LogP contribution in [0.3, 0.4) is 0 Å². The number of aromatic hydroxyl groups is 1. The van der Waals surface area contributed by atoms with Gasteiger partial charge in [0.2, 0.25) is 0 Å². The average Bonchev–Trinajstić information content (AvgIpc) is 2.72. The summed E-state index contributed by atoms with van der Waals surface area (Å²) in [5.41, 5.74) is 3.29. The zero-order chi connectivity index (χ0) is 10.8. The lowest BCUT2D eigenvalue weighted by molar-refractivity contribution is 0.465.